The highest BCUT2D eigenvalue weighted by atomic mass is 16.6. The number of nitrogens with one attached hydrogen (secondary N) is 1. The van der Waals surface area contributed by atoms with E-state index in [9.17, 15) is 14.9 Å². The summed E-state index contributed by atoms with van der Waals surface area (Å²) in [5, 5.41) is 14.5. The minimum absolute atomic E-state index is 0.0608. The van der Waals surface area contributed by atoms with Crippen molar-refractivity contribution in [3.63, 3.8) is 0 Å². The summed E-state index contributed by atoms with van der Waals surface area (Å²) in [5.41, 5.74) is 3.80. The van der Waals surface area contributed by atoms with Crippen LogP contribution in [0, 0.1) is 16.0 Å². The normalized spacial score (nSPS) is 21.8. The van der Waals surface area contributed by atoms with Crippen molar-refractivity contribution in [2.75, 3.05) is 11.9 Å². The second kappa shape index (κ2) is 8.07. The summed E-state index contributed by atoms with van der Waals surface area (Å²) in [6, 6.07) is 12.5. The van der Waals surface area contributed by atoms with Crippen LogP contribution >= 0.6 is 0 Å². The summed E-state index contributed by atoms with van der Waals surface area (Å²) in [4.78, 5) is 22.9. The third kappa shape index (κ3) is 3.75. The SMILES string of the molecule is CCCCOC(=O)c1ccc2c(c1)[C@@H]1C=CC[C@H]1[C@H](c1ccc([N+](=O)[O-])cc1)N2. The highest BCUT2D eigenvalue weighted by molar-refractivity contribution is 5.90. The van der Waals surface area contributed by atoms with Crippen molar-refractivity contribution >= 4 is 17.3 Å². The molecule has 1 heterocycles. The Balaban J connectivity index is 1.60. The standard InChI is InChI=1S/C23H24N2O4/c1-2-3-13-29-23(26)16-9-12-21-20(14-16)18-5-4-6-19(18)22(24-21)15-7-10-17(11-8-15)25(27)28/h4-5,7-12,14,18-19,22,24H,2-3,6,13H2,1H3/t18-,19-,22+/m1/s1. The molecule has 2 aliphatic rings. The third-order valence-corrected chi connectivity index (χ3v) is 5.79. The smallest absolute Gasteiger partial charge is 0.338 e. The monoisotopic (exact) mass is 392 g/mol. The summed E-state index contributed by atoms with van der Waals surface area (Å²) >= 11 is 0. The fourth-order valence-electron chi connectivity index (χ4n) is 4.25. The Morgan fingerprint density at radius 1 is 1.24 bits per heavy atom. The zero-order chi connectivity index (χ0) is 20.4. The number of fused-ring (bicyclic) bond motifs is 3. The van der Waals surface area contributed by atoms with Crippen LogP contribution in [-0.4, -0.2) is 17.5 Å². The zero-order valence-corrected chi connectivity index (χ0v) is 16.3. The first-order valence-corrected chi connectivity index (χ1v) is 10.1. The first kappa shape index (κ1) is 19.2. The van der Waals surface area contributed by atoms with Gasteiger partial charge in [-0.15, -0.1) is 0 Å². The molecule has 4 rings (SSSR count). The van der Waals surface area contributed by atoms with E-state index in [0.717, 1.165) is 36.1 Å². The van der Waals surface area contributed by atoms with Gasteiger partial charge in [-0.05, 0) is 48.1 Å². The molecule has 0 spiro atoms. The van der Waals surface area contributed by atoms with Gasteiger partial charge >= 0.3 is 5.97 Å². The minimum atomic E-state index is -0.381. The number of unbranched alkanes of at least 4 members (excludes halogenated alkanes) is 1. The quantitative estimate of drug-likeness (QED) is 0.235. The zero-order valence-electron chi connectivity index (χ0n) is 16.3. The van der Waals surface area contributed by atoms with E-state index >= 15 is 0 Å². The number of carbonyl (C=O) groups is 1. The number of hydrogen-bond donors (Lipinski definition) is 1. The fraction of sp³-hybridized carbons (Fsp3) is 0.348. The number of nitro benzene ring substituents is 1. The molecule has 1 aliphatic heterocycles. The van der Waals surface area contributed by atoms with Crippen molar-refractivity contribution in [2.45, 2.75) is 38.1 Å². The van der Waals surface area contributed by atoms with E-state index in [2.05, 4.69) is 24.4 Å². The van der Waals surface area contributed by atoms with Gasteiger partial charge in [-0.25, -0.2) is 4.79 Å². The van der Waals surface area contributed by atoms with Gasteiger partial charge in [0.2, 0.25) is 0 Å². The van der Waals surface area contributed by atoms with Crippen molar-refractivity contribution in [3.05, 3.63) is 81.4 Å². The van der Waals surface area contributed by atoms with E-state index in [1.165, 1.54) is 0 Å². The summed E-state index contributed by atoms with van der Waals surface area (Å²) in [5.74, 6) is 0.224. The maximum absolute atomic E-state index is 12.4. The first-order valence-electron chi connectivity index (χ1n) is 10.1. The molecule has 0 bridgehead atoms. The van der Waals surface area contributed by atoms with Gasteiger partial charge in [0.05, 0.1) is 23.1 Å². The lowest BCUT2D eigenvalue weighted by Crippen LogP contribution is -2.29. The second-order valence-corrected chi connectivity index (χ2v) is 7.62. The number of rotatable bonds is 6. The predicted octanol–water partition coefficient (Wildman–Crippen LogP) is 5.38. The lowest BCUT2D eigenvalue weighted by molar-refractivity contribution is -0.384. The number of nitro groups is 1. The van der Waals surface area contributed by atoms with E-state index in [-0.39, 0.29) is 28.5 Å². The Hall–Kier alpha value is -3.15. The van der Waals surface area contributed by atoms with Gasteiger partial charge in [-0.2, -0.15) is 0 Å². The minimum Gasteiger partial charge on any atom is -0.462 e. The lowest BCUT2D eigenvalue weighted by Gasteiger charge is -2.37. The van der Waals surface area contributed by atoms with Crippen molar-refractivity contribution < 1.29 is 14.5 Å². The first-order chi connectivity index (χ1) is 14.1. The van der Waals surface area contributed by atoms with E-state index in [1.807, 2.05) is 24.3 Å². The summed E-state index contributed by atoms with van der Waals surface area (Å²) < 4.78 is 5.36. The van der Waals surface area contributed by atoms with Gasteiger partial charge in [0.1, 0.15) is 0 Å². The molecule has 2 aromatic carbocycles. The molecule has 6 heteroatoms. The molecule has 0 saturated heterocycles. The van der Waals surface area contributed by atoms with E-state index in [1.54, 1.807) is 18.2 Å². The molecule has 29 heavy (non-hydrogen) atoms. The van der Waals surface area contributed by atoms with E-state index in [0.29, 0.717) is 18.1 Å². The summed E-state index contributed by atoms with van der Waals surface area (Å²) in [7, 11) is 0. The van der Waals surface area contributed by atoms with Crippen LogP contribution in [0.2, 0.25) is 0 Å². The van der Waals surface area contributed by atoms with Gasteiger partial charge < -0.3 is 10.1 Å². The maximum atomic E-state index is 12.4. The largest absolute Gasteiger partial charge is 0.462 e. The predicted molar refractivity (Wildman–Crippen MR) is 111 cm³/mol. The van der Waals surface area contributed by atoms with Crippen LogP contribution in [0.5, 0.6) is 0 Å². The molecule has 2 aromatic rings. The van der Waals surface area contributed by atoms with Crippen LogP contribution in [0.3, 0.4) is 0 Å². The molecule has 0 radical (unpaired) electrons. The van der Waals surface area contributed by atoms with Crippen LogP contribution < -0.4 is 5.32 Å². The van der Waals surface area contributed by atoms with E-state index in [4.69, 9.17) is 4.74 Å². The third-order valence-electron chi connectivity index (χ3n) is 5.79. The molecule has 0 unspecified atom stereocenters. The molecule has 0 saturated carbocycles. The van der Waals surface area contributed by atoms with Crippen molar-refractivity contribution in [3.8, 4) is 0 Å². The highest BCUT2D eigenvalue weighted by Gasteiger charge is 2.38. The van der Waals surface area contributed by atoms with Crippen molar-refractivity contribution in [2.24, 2.45) is 5.92 Å². The Morgan fingerprint density at radius 3 is 2.76 bits per heavy atom. The van der Waals surface area contributed by atoms with Crippen LogP contribution in [-0.2, 0) is 4.74 Å². The number of esters is 1. The van der Waals surface area contributed by atoms with E-state index < -0.39 is 0 Å². The molecule has 150 valence electrons. The molecular formula is C23H24N2O4. The maximum Gasteiger partial charge on any atom is 0.338 e. The van der Waals surface area contributed by atoms with Gasteiger partial charge in [0.15, 0.2) is 0 Å². The molecule has 0 amide bonds. The topological polar surface area (TPSA) is 81.5 Å². The van der Waals surface area contributed by atoms with Crippen LogP contribution in [0.1, 0.15) is 59.6 Å². The van der Waals surface area contributed by atoms with Crippen molar-refractivity contribution in [1.82, 2.24) is 0 Å². The number of allylic oxidation sites excluding steroid dienone is 2. The Kier molecular flexibility index (Phi) is 5.34. The average molecular weight is 392 g/mol. The van der Waals surface area contributed by atoms with Gasteiger partial charge in [-0.3, -0.25) is 10.1 Å². The molecule has 1 aliphatic carbocycles. The number of anilines is 1. The summed E-state index contributed by atoms with van der Waals surface area (Å²) in [6.45, 7) is 2.51. The molecule has 0 fully saturated rings. The van der Waals surface area contributed by atoms with Gasteiger partial charge in [0, 0.05) is 23.7 Å². The Bertz CT molecular complexity index is 952. The number of non-ortho nitro benzene ring substituents is 1. The Labute approximate surface area is 169 Å². The molecule has 1 N–H and O–H groups in total. The molecule has 0 aromatic heterocycles. The molecule has 6 nitrogen and oxygen atoms in total. The van der Waals surface area contributed by atoms with Crippen LogP contribution in [0.4, 0.5) is 11.4 Å². The number of nitrogens with zero attached hydrogens (tertiary/aromatic N) is 1. The van der Waals surface area contributed by atoms with Crippen LogP contribution in [0.25, 0.3) is 0 Å². The second-order valence-electron chi connectivity index (χ2n) is 7.62. The molecule has 3 atom stereocenters. The highest BCUT2D eigenvalue weighted by Crippen LogP contribution is 2.50. The number of carbonyl (C=O) groups excluding carboxylic acids is 1. The summed E-state index contributed by atoms with van der Waals surface area (Å²) in [6.07, 6.45) is 7.15. The number of hydrogen-bond acceptors (Lipinski definition) is 5. The number of benzene rings is 2. The Morgan fingerprint density at radius 2 is 2.03 bits per heavy atom. The lowest BCUT2D eigenvalue weighted by atomic mass is 9.76. The molecular weight excluding hydrogens is 368 g/mol. The van der Waals surface area contributed by atoms with Gasteiger partial charge in [0.25, 0.3) is 5.69 Å². The number of ether oxygens (including phenoxy) is 1. The van der Waals surface area contributed by atoms with Gasteiger partial charge in [-0.1, -0.05) is 37.6 Å². The fourth-order valence-corrected chi connectivity index (χ4v) is 4.25. The van der Waals surface area contributed by atoms with Crippen molar-refractivity contribution in [1.29, 1.82) is 0 Å². The van der Waals surface area contributed by atoms with Crippen LogP contribution in [0.15, 0.2) is 54.6 Å². The average Bonchev–Trinajstić information content (AvgIpc) is 3.23.